The van der Waals surface area contributed by atoms with Gasteiger partial charge in [-0.15, -0.1) is 0 Å². The average molecular weight is 374 g/mol. The fourth-order valence-corrected chi connectivity index (χ4v) is 7.55. The Hall–Kier alpha value is -1.46. The Morgan fingerprint density at radius 3 is 2.59 bits per heavy atom. The number of allylic oxidation sites excluding steroid dienone is 4. The molecule has 27 heavy (non-hydrogen) atoms. The molecule has 0 aromatic heterocycles. The number of ketones is 1. The summed E-state index contributed by atoms with van der Waals surface area (Å²) in [4.78, 5) is 23.4. The van der Waals surface area contributed by atoms with E-state index in [1.165, 1.54) is 5.57 Å². The quantitative estimate of drug-likeness (QED) is 0.646. The van der Waals surface area contributed by atoms with Gasteiger partial charge in [0, 0.05) is 11.3 Å². The van der Waals surface area contributed by atoms with Crippen molar-refractivity contribution in [2.75, 3.05) is 0 Å². The molecule has 0 saturated heterocycles. The van der Waals surface area contributed by atoms with Crippen molar-refractivity contribution < 1.29 is 24.9 Å². The van der Waals surface area contributed by atoms with Crippen molar-refractivity contribution in [3.63, 3.8) is 0 Å². The Bertz CT molecular complexity index is 750. The first-order valence-corrected chi connectivity index (χ1v) is 10.1. The fourth-order valence-electron chi connectivity index (χ4n) is 7.55. The first kappa shape index (κ1) is 18.9. The summed E-state index contributed by atoms with van der Waals surface area (Å²) in [5.41, 5.74) is 0.724. The molecule has 4 aliphatic carbocycles. The van der Waals surface area contributed by atoms with Gasteiger partial charge in [0.25, 0.3) is 5.79 Å². The van der Waals surface area contributed by atoms with Crippen LogP contribution >= 0.6 is 0 Å². The predicted octanol–water partition coefficient (Wildman–Crippen LogP) is 2.92. The van der Waals surface area contributed by atoms with E-state index >= 15 is 0 Å². The van der Waals surface area contributed by atoms with E-state index in [0.717, 1.165) is 32.1 Å². The molecule has 0 aromatic carbocycles. The normalized spacial score (nSPS) is 46.3. The summed E-state index contributed by atoms with van der Waals surface area (Å²) < 4.78 is 0. The number of rotatable bonds is 2. The van der Waals surface area contributed by atoms with Gasteiger partial charge in [-0.05, 0) is 73.3 Å². The topological polar surface area (TPSA) is 94.8 Å². The summed E-state index contributed by atoms with van der Waals surface area (Å²) in [5.74, 6) is -3.76. The van der Waals surface area contributed by atoms with Crippen molar-refractivity contribution in [3.05, 3.63) is 23.8 Å². The first-order chi connectivity index (χ1) is 12.5. The third-order valence-electron chi connectivity index (χ3n) is 8.65. The molecular formula is C22H30O5. The Morgan fingerprint density at radius 2 is 1.93 bits per heavy atom. The molecule has 1 unspecified atom stereocenters. The van der Waals surface area contributed by atoms with Crippen molar-refractivity contribution >= 4 is 11.8 Å². The molecule has 0 radical (unpaired) electrons. The monoisotopic (exact) mass is 374 g/mol. The molecule has 148 valence electrons. The van der Waals surface area contributed by atoms with Gasteiger partial charge in [0.1, 0.15) is 0 Å². The van der Waals surface area contributed by atoms with Crippen LogP contribution in [-0.4, -0.2) is 32.9 Å². The van der Waals surface area contributed by atoms with Gasteiger partial charge in [0.15, 0.2) is 5.78 Å². The van der Waals surface area contributed by atoms with E-state index in [1.54, 1.807) is 12.2 Å². The number of carbonyl (C=O) groups is 2. The van der Waals surface area contributed by atoms with Crippen LogP contribution in [0.5, 0.6) is 0 Å². The Balaban J connectivity index is 1.70. The zero-order valence-corrected chi connectivity index (χ0v) is 16.3. The second-order valence-corrected chi connectivity index (χ2v) is 9.87. The number of carboxylic acids is 1. The van der Waals surface area contributed by atoms with E-state index in [9.17, 15) is 24.9 Å². The van der Waals surface area contributed by atoms with E-state index in [4.69, 9.17) is 0 Å². The molecule has 0 heterocycles. The molecule has 0 spiro atoms. The Morgan fingerprint density at radius 1 is 1.22 bits per heavy atom. The lowest BCUT2D eigenvalue weighted by Gasteiger charge is -2.57. The Labute approximate surface area is 160 Å². The van der Waals surface area contributed by atoms with Crippen LogP contribution in [0.3, 0.4) is 0 Å². The minimum Gasteiger partial charge on any atom is -0.477 e. The minimum absolute atomic E-state index is 0.0573. The second-order valence-electron chi connectivity index (χ2n) is 9.87. The lowest BCUT2D eigenvalue weighted by molar-refractivity contribution is -0.245. The maximum atomic E-state index is 11.8. The van der Waals surface area contributed by atoms with Crippen LogP contribution in [0.25, 0.3) is 0 Å². The van der Waals surface area contributed by atoms with Gasteiger partial charge in [0.05, 0.1) is 0 Å². The zero-order chi connectivity index (χ0) is 19.8. The molecule has 4 rings (SSSR count). The number of hydrogen-bond donors (Lipinski definition) is 3. The summed E-state index contributed by atoms with van der Waals surface area (Å²) in [7, 11) is 0. The average Bonchev–Trinajstić information content (AvgIpc) is 2.86. The smallest absolute Gasteiger partial charge is 0.364 e. The molecule has 0 amide bonds. The minimum atomic E-state index is -2.68. The summed E-state index contributed by atoms with van der Waals surface area (Å²) in [6, 6.07) is 0. The standard InChI is InChI=1S/C22H30O5/c1-12-10-17-15-5-4-13-11-14(23)6-8-20(13,2)16(15)7-9-21(17,3)18(12)22(26,27)19(24)25/h6,8,11-12,15-18,26-27H,4-5,7,9-10H2,1-3H3,(H,24,25)/t12?,15-,16+,17+,18+,20+,21+/m1/s1. The van der Waals surface area contributed by atoms with Crippen molar-refractivity contribution in [3.8, 4) is 0 Å². The van der Waals surface area contributed by atoms with Gasteiger partial charge in [-0.2, -0.15) is 0 Å². The highest BCUT2D eigenvalue weighted by molar-refractivity contribution is 6.01. The maximum Gasteiger partial charge on any atom is 0.364 e. The molecule has 3 saturated carbocycles. The van der Waals surface area contributed by atoms with Crippen molar-refractivity contribution in [1.82, 2.24) is 0 Å². The SMILES string of the molecule is CC1C[C@H]2[C@@H]3CCC4=CC(=O)C=C[C@]4(C)[C@H]3CC[C@]2(C)[C@H]1C(O)(O)C(=O)O. The molecule has 5 heteroatoms. The van der Waals surface area contributed by atoms with Crippen LogP contribution in [0.2, 0.25) is 0 Å². The maximum absolute atomic E-state index is 11.8. The van der Waals surface area contributed by atoms with Crippen LogP contribution < -0.4 is 0 Å². The van der Waals surface area contributed by atoms with Crippen LogP contribution in [0.4, 0.5) is 0 Å². The summed E-state index contributed by atoms with van der Waals surface area (Å²) >= 11 is 0. The lowest BCUT2D eigenvalue weighted by Crippen LogP contribution is -2.56. The molecule has 0 bridgehead atoms. The van der Waals surface area contributed by atoms with Gasteiger partial charge < -0.3 is 15.3 Å². The zero-order valence-electron chi connectivity index (χ0n) is 16.3. The van der Waals surface area contributed by atoms with Crippen LogP contribution in [0, 0.1) is 40.4 Å². The number of carboxylic acid groups (broad SMARTS) is 1. The van der Waals surface area contributed by atoms with E-state index < -0.39 is 23.1 Å². The third kappa shape index (κ3) is 2.44. The highest BCUT2D eigenvalue weighted by atomic mass is 16.5. The van der Waals surface area contributed by atoms with Crippen LogP contribution in [-0.2, 0) is 9.59 Å². The summed E-state index contributed by atoms with van der Waals surface area (Å²) in [6.07, 6.45) is 10.00. The van der Waals surface area contributed by atoms with Gasteiger partial charge in [-0.3, -0.25) is 4.79 Å². The van der Waals surface area contributed by atoms with Crippen LogP contribution in [0.1, 0.15) is 52.9 Å². The largest absolute Gasteiger partial charge is 0.477 e. The van der Waals surface area contributed by atoms with E-state index in [-0.39, 0.29) is 23.0 Å². The van der Waals surface area contributed by atoms with Crippen molar-refractivity contribution in [2.24, 2.45) is 40.4 Å². The number of fused-ring (bicyclic) bond motifs is 5. The van der Waals surface area contributed by atoms with E-state index in [2.05, 4.69) is 19.9 Å². The third-order valence-corrected chi connectivity index (χ3v) is 8.65. The van der Waals surface area contributed by atoms with Gasteiger partial charge in [-0.1, -0.05) is 32.4 Å². The molecule has 3 N–H and O–H groups in total. The number of aliphatic hydroxyl groups is 2. The summed E-state index contributed by atoms with van der Waals surface area (Å²) in [6.45, 7) is 6.26. The fraction of sp³-hybridized carbons (Fsp3) is 0.727. The molecule has 4 aliphatic rings. The van der Waals surface area contributed by atoms with E-state index in [0.29, 0.717) is 11.8 Å². The molecular weight excluding hydrogens is 344 g/mol. The Kier molecular flexibility index (Phi) is 4.04. The lowest BCUT2D eigenvalue weighted by atomic mass is 9.47. The van der Waals surface area contributed by atoms with Crippen molar-refractivity contribution in [1.29, 1.82) is 0 Å². The predicted molar refractivity (Wildman–Crippen MR) is 99.5 cm³/mol. The molecule has 0 aromatic rings. The van der Waals surface area contributed by atoms with Gasteiger partial charge in [-0.25, -0.2) is 4.79 Å². The highest BCUT2D eigenvalue weighted by Crippen LogP contribution is 2.68. The highest BCUT2D eigenvalue weighted by Gasteiger charge is 2.65. The van der Waals surface area contributed by atoms with Gasteiger partial charge >= 0.3 is 5.97 Å². The van der Waals surface area contributed by atoms with Crippen molar-refractivity contribution in [2.45, 2.75) is 58.7 Å². The van der Waals surface area contributed by atoms with Crippen LogP contribution in [0.15, 0.2) is 23.8 Å². The first-order valence-electron chi connectivity index (χ1n) is 10.1. The molecule has 0 aliphatic heterocycles. The molecule has 5 nitrogen and oxygen atoms in total. The number of carbonyl (C=O) groups excluding carboxylic acids is 1. The van der Waals surface area contributed by atoms with Gasteiger partial charge in [0.2, 0.25) is 0 Å². The number of aliphatic carboxylic acids is 1. The molecule has 7 atom stereocenters. The van der Waals surface area contributed by atoms with E-state index in [1.807, 2.05) is 6.92 Å². The second kappa shape index (κ2) is 5.77. The number of hydrogen-bond acceptors (Lipinski definition) is 4. The molecule has 3 fully saturated rings. The summed E-state index contributed by atoms with van der Waals surface area (Å²) in [5, 5.41) is 30.3.